The molecule has 2 rings (SSSR count). The Morgan fingerprint density at radius 2 is 2.04 bits per heavy atom. The Balaban J connectivity index is 1.89. The van der Waals surface area contributed by atoms with Crippen molar-refractivity contribution >= 4 is 17.3 Å². The van der Waals surface area contributed by atoms with Gasteiger partial charge in [0.15, 0.2) is 0 Å². The second-order valence-electron chi connectivity index (χ2n) is 6.02. The van der Waals surface area contributed by atoms with Gasteiger partial charge in [0.1, 0.15) is 5.69 Å². The maximum absolute atomic E-state index is 11.4. The number of hydrogen-bond acceptors (Lipinski definition) is 5. The number of anilines is 1. The van der Waals surface area contributed by atoms with E-state index in [4.69, 9.17) is 0 Å². The van der Waals surface area contributed by atoms with Gasteiger partial charge < -0.3 is 10.2 Å². The van der Waals surface area contributed by atoms with Crippen LogP contribution in [-0.4, -0.2) is 56.0 Å². The Labute approximate surface area is 136 Å². The second kappa shape index (κ2) is 7.92. The van der Waals surface area contributed by atoms with Crippen molar-refractivity contribution in [2.45, 2.75) is 12.8 Å². The third kappa shape index (κ3) is 4.66. The van der Waals surface area contributed by atoms with Gasteiger partial charge in [-0.15, -0.1) is 0 Å². The number of likely N-dealkylation sites (tertiary alicyclic amines) is 1. The van der Waals surface area contributed by atoms with E-state index in [1.54, 1.807) is 19.2 Å². The highest BCUT2D eigenvalue weighted by atomic mass is 16.6. The smallest absolute Gasteiger partial charge is 0.292 e. The number of para-hydroxylation sites is 2. The van der Waals surface area contributed by atoms with E-state index in [9.17, 15) is 14.9 Å². The zero-order valence-electron chi connectivity index (χ0n) is 13.7. The zero-order valence-corrected chi connectivity index (χ0v) is 13.7. The van der Waals surface area contributed by atoms with Gasteiger partial charge in [-0.2, -0.15) is 0 Å². The molecule has 0 radical (unpaired) electrons. The number of carbonyl (C=O) groups excluding carboxylic acids is 1. The molecule has 0 bridgehead atoms. The minimum absolute atomic E-state index is 0.0421. The van der Waals surface area contributed by atoms with Crippen LogP contribution in [0.2, 0.25) is 0 Å². The molecule has 0 spiro atoms. The molecule has 126 valence electrons. The van der Waals surface area contributed by atoms with Crippen LogP contribution >= 0.6 is 0 Å². The second-order valence-corrected chi connectivity index (χ2v) is 6.02. The lowest BCUT2D eigenvalue weighted by molar-refractivity contribution is -0.384. The molecule has 1 N–H and O–H groups in total. The fourth-order valence-corrected chi connectivity index (χ4v) is 3.04. The summed E-state index contributed by atoms with van der Waals surface area (Å²) in [6.45, 7) is 3.02. The minimum Gasteiger partial charge on any atom is -0.369 e. The molecule has 1 aromatic rings. The van der Waals surface area contributed by atoms with Crippen LogP contribution in [0.1, 0.15) is 12.8 Å². The molecule has 0 saturated carbocycles. The number of piperidine rings is 1. The van der Waals surface area contributed by atoms with Gasteiger partial charge in [0.05, 0.1) is 11.5 Å². The summed E-state index contributed by atoms with van der Waals surface area (Å²) in [5, 5.41) is 13.8. The normalized spacial score (nSPS) is 16.1. The van der Waals surface area contributed by atoms with E-state index < -0.39 is 0 Å². The number of benzene rings is 1. The van der Waals surface area contributed by atoms with E-state index in [0.29, 0.717) is 18.2 Å². The highest BCUT2D eigenvalue weighted by Crippen LogP contribution is 2.28. The number of amides is 1. The first-order chi connectivity index (χ1) is 11.0. The van der Waals surface area contributed by atoms with Gasteiger partial charge in [0.25, 0.3) is 5.69 Å². The molecule has 1 aliphatic rings. The maximum Gasteiger partial charge on any atom is 0.292 e. The van der Waals surface area contributed by atoms with Gasteiger partial charge in [-0.25, -0.2) is 0 Å². The Kier molecular flexibility index (Phi) is 5.92. The van der Waals surface area contributed by atoms with Crippen LogP contribution in [0.5, 0.6) is 0 Å². The molecule has 1 saturated heterocycles. The van der Waals surface area contributed by atoms with Crippen molar-refractivity contribution in [2.24, 2.45) is 5.92 Å². The topological polar surface area (TPSA) is 78.7 Å². The van der Waals surface area contributed by atoms with Crippen LogP contribution in [0.25, 0.3) is 0 Å². The summed E-state index contributed by atoms with van der Waals surface area (Å²) in [5.74, 6) is 0.529. The van der Waals surface area contributed by atoms with Crippen LogP contribution in [0.3, 0.4) is 0 Å². The molecule has 0 aliphatic carbocycles. The van der Waals surface area contributed by atoms with Crippen molar-refractivity contribution in [2.75, 3.05) is 45.2 Å². The molecular formula is C16H24N4O3. The number of nitro groups is 1. The Bertz CT molecular complexity index is 556. The van der Waals surface area contributed by atoms with Crippen LogP contribution in [0.4, 0.5) is 11.4 Å². The van der Waals surface area contributed by atoms with Crippen LogP contribution in [-0.2, 0) is 4.79 Å². The summed E-state index contributed by atoms with van der Waals surface area (Å²) in [4.78, 5) is 26.3. The summed E-state index contributed by atoms with van der Waals surface area (Å²) in [6, 6.07) is 6.84. The zero-order chi connectivity index (χ0) is 16.8. The average Bonchev–Trinajstić information content (AvgIpc) is 2.56. The van der Waals surface area contributed by atoms with Crippen molar-refractivity contribution < 1.29 is 9.72 Å². The summed E-state index contributed by atoms with van der Waals surface area (Å²) in [5.41, 5.74) is 0.803. The molecule has 23 heavy (non-hydrogen) atoms. The molecule has 0 atom stereocenters. The number of likely N-dealkylation sites (N-methyl/N-ethyl adjacent to an activating group) is 1. The highest BCUT2D eigenvalue weighted by molar-refractivity contribution is 5.77. The quantitative estimate of drug-likeness (QED) is 0.634. The predicted molar refractivity (Wildman–Crippen MR) is 89.6 cm³/mol. The number of nitrogens with one attached hydrogen (secondary N) is 1. The van der Waals surface area contributed by atoms with E-state index in [-0.39, 0.29) is 16.5 Å². The Hall–Kier alpha value is -2.15. The van der Waals surface area contributed by atoms with Crippen LogP contribution < -0.4 is 10.2 Å². The first-order valence-corrected chi connectivity index (χ1v) is 7.88. The van der Waals surface area contributed by atoms with Crippen molar-refractivity contribution in [3.63, 3.8) is 0 Å². The Morgan fingerprint density at radius 1 is 1.39 bits per heavy atom. The molecular weight excluding hydrogens is 296 g/mol. The maximum atomic E-state index is 11.4. The number of hydrogen-bond donors (Lipinski definition) is 1. The molecule has 0 aromatic heterocycles. The highest BCUT2D eigenvalue weighted by Gasteiger charge is 2.23. The van der Waals surface area contributed by atoms with E-state index in [1.165, 1.54) is 6.07 Å². The van der Waals surface area contributed by atoms with E-state index >= 15 is 0 Å². The summed E-state index contributed by atoms with van der Waals surface area (Å²) >= 11 is 0. The first kappa shape index (κ1) is 17.2. The Morgan fingerprint density at radius 3 is 2.65 bits per heavy atom. The minimum atomic E-state index is -0.336. The van der Waals surface area contributed by atoms with Crippen molar-refractivity contribution in [3.05, 3.63) is 34.4 Å². The third-order valence-corrected chi connectivity index (χ3v) is 4.37. The van der Waals surface area contributed by atoms with Crippen molar-refractivity contribution in [1.29, 1.82) is 0 Å². The number of carbonyl (C=O) groups is 1. The average molecular weight is 320 g/mol. The number of rotatable bonds is 6. The largest absolute Gasteiger partial charge is 0.369 e. The van der Waals surface area contributed by atoms with Gasteiger partial charge >= 0.3 is 0 Å². The fraction of sp³-hybridized carbons (Fsp3) is 0.562. The van der Waals surface area contributed by atoms with Gasteiger partial charge in [-0.3, -0.25) is 19.8 Å². The standard InChI is InChI=1S/C16H24N4O3/c1-17-16(21)12-19-9-7-13(8-10-19)11-18(2)14-5-3-4-6-15(14)20(22)23/h3-6,13H,7-12H2,1-2H3,(H,17,21). The van der Waals surface area contributed by atoms with Crippen LogP contribution in [0.15, 0.2) is 24.3 Å². The molecule has 0 unspecified atom stereocenters. The molecule has 1 amide bonds. The molecule has 7 heteroatoms. The first-order valence-electron chi connectivity index (χ1n) is 7.88. The van der Waals surface area contributed by atoms with Crippen molar-refractivity contribution in [3.8, 4) is 0 Å². The lowest BCUT2D eigenvalue weighted by Crippen LogP contribution is -2.42. The monoisotopic (exact) mass is 320 g/mol. The molecule has 7 nitrogen and oxygen atoms in total. The summed E-state index contributed by atoms with van der Waals surface area (Å²) in [7, 11) is 3.55. The third-order valence-electron chi connectivity index (χ3n) is 4.37. The molecule has 1 fully saturated rings. The molecule has 1 heterocycles. The fourth-order valence-electron chi connectivity index (χ4n) is 3.04. The summed E-state index contributed by atoms with van der Waals surface area (Å²) < 4.78 is 0. The molecule has 1 aliphatic heterocycles. The van der Waals surface area contributed by atoms with Gasteiger partial charge in [0, 0.05) is 26.7 Å². The molecule has 1 aromatic carbocycles. The van der Waals surface area contributed by atoms with Crippen molar-refractivity contribution in [1.82, 2.24) is 10.2 Å². The van der Waals surface area contributed by atoms with Gasteiger partial charge in [-0.05, 0) is 37.9 Å². The lowest BCUT2D eigenvalue weighted by Gasteiger charge is -2.33. The van der Waals surface area contributed by atoms with Crippen LogP contribution in [0, 0.1) is 16.0 Å². The van der Waals surface area contributed by atoms with E-state index in [0.717, 1.165) is 32.5 Å². The number of nitrogens with zero attached hydrogens (tertiary/aromatic N) is 3. The van der Waals surface area contributed by atoms with Gasteiger partial charge in [-0.1, -0.05) is 12.1 Å². The SMILES string of the molecule is CNC(=O)CN1CCC(CN(C)c2ccccc2[N+](=O)[O-])CC1. The lowest BCUT2D eigenvalue weighted by atomic mass is 9.96. The van der Waals surface area contributed by atoms with E-state index in [2.05, 4.69) is 10.2 Å². The van der Waals surface area contributed by atoms with Gasteiger partial charge in [0.2, 0.25) is 5.91 Å². The summed E-state index contributed by atoms with van der Waals surface area (Å²) in [6.07, 6.45) is 2.00. The van der Waals surface area contributed by atoms with E-state index in [1.807, 2.05) is 18.0 Å². The number of nitro benzene ring substituents is 1. The predicted octanol–water partition coefficient (Wildman–Crippen LogP) is 1.49.